The molecule has 0 aliphatic rings. The third-order valence-electron chi connectivity index (χ3n) is 1.92. The fraction of sp³-hybridized carbons (Fsp3) is 0.300. The number of rotatable bonds is 4. The lowest BCUT2D eigenvalue weighted by Crippen LogP contribution is -2.07. The highest BCUT2D eigenvalue weighted by atomic mass is 32.1. The van der Waals surface area contributed by atoms with Crippen LogP contribution in [0.1, 0.15) is 18.4 Å². The molecule has 15 heavy (non-hydrogen) atoms. The standard InChI is InChI=1S/C10H10F2O2S/c1-6(5-13)9-7(14-10(11)12)3-2-4-8(9)15/h2-6,10,15H,1H3. The predicted octanol–water partition coefficient (Wildman–Crippen LogP) is 2.88. The summed E-state index contributed by atoms with van der Waals surface area (Å²) in [6.45, 7) is -1.31. The molecule has 0 aliphatic heterocycles. The smallest absolute Gasteiger partial charge is 0.387 e. The van der Waals surface area contributed by atoms with Gasteiger partial charge >= 0.3 is 6.61 Å². The number of alkyl halides is 2. The van der Waals surface area contributed by atoms with E-state index in [4.69, 9.17) is 0 Å². The number of carbonyl (C=O) groups is 1. The molecule has 1 atom stereocenters. The molecule has 0 heterocycles. The monoisotopic (exact) mass is 232 g/mol. The zero-order chi connectivity index (χ0) is 11.4. The Morgan fingerprint density at radius 2 is 2.13 bits per heavy atom. The van der Waals surface area contributed by atoms with Crippen molar-refractivity contribution in [2.24, 2.45) is 0 Å². The maximum absolute atomic E-state index is 12.1. The van der Waals surface area contributed by atoms with Crippen LogP contribution in [0.2, 0.25) is 0 Å². The fourth-order valence-electron chi connectivity index (χ4n) is 1.26. The molecule has 0 aliphatic carbocycles. The van der Waals surface area contributed by atoms with E-state index in [-0.39, 0.29) is 5.75 Å². The Kier molecular flexibility index (Phi) is 4.08. The average molecular weight is 232 g/mol. The molecule has 1 aromatic carbocycles. The first-order chi connectivity index (χ1) is 7.06. The van der Waals surface area contributed by atoms with Crippen molar-refractivity contribution >= 4 is 18.9 Å². The van der Waals surface area contributed by atoms with Gasteiger partial charge in [0.2, 0.25) is 0 Å². The van der Waals surface area contributed by atoms with Gasteiger partial charge < -0.3 is 9.53 Å². The van der Waals surface area contributed by atoms with Gasteiger partial charge in [0.15, 0.2) is 0 Å². The van der Waals surface area contributed by atoms with Crippen LogP contribution in [-0.4, -0.2) is 12.9 Å². The van der Waals surface area contributed by atoms with Crippen molar-refractivity contribution in [1.82, 2.24) is 0 Å². The first-order valence-electron chi connectivity index (χ1n) is 4.28. The molecule has 0 aromatic heterocycles. The summed E-state index contributed by atoms with van der Waals surface area (Å²) in [5, 5.41) is 0. The summed E-state index contributed by atoms with van der Waals surface area (Å²) >= 11 is 4.10. The second kappa shape index (κ2) is 5.11. The Morgan fingerprint density at radius 3 is 2.67 bits per heavy atom. The van der Waals surface area contributed by atoms with Crippen LogP contribution in [-0.2, 0) is 4.79 Å². The van der Waals surface area contributed by atoms with Gasteiger partial charge in [-0.05, 0) is 12.1 Å². The third-order valence-corrected chi connectivity index (χ3v) is 2.31. The number of ether oxygens (including phenoxy) is 1. The van der Waals surface area contributed by atoms with Crippen molar-refractivity contribution in [2.75, 3.05) is 0 Å². The van der Waals surface area contributed by atoms with Crippen molar-refractivity contribution in [3.05, 3.63) is 23.8 Å². The molecule has 0 saturated carbocycles. The highest BCUT2D eigenvalue weighted by Crippen LogP contribution is 2.32. The van der Waals surface area contributed by atoms with Crippen molar-refractivity contribution < 1.29 is 18.3 Å². The number of aldehydes is 1. The Morgan fingerprint density at radius 1 is 1.47 bits per heavy atom. The van der Waals surface area contributed by atoms with E-state index < -0.39 is 12.5 Å². The summed E-state index contributed by atoms with van der Waals surface area (Å²) in [7, 11) is 0. The number of carbonyl (C=O) groups excluding carboxylic acids is 1. The van der Waals surface area contributed by atoms with Crippen molar-refractivity contribution in [3.63, 3.8) is 0 Å². The quantitative estimate of drug-likeness (QED) is 0.638. The molecular weight excluding hydrogens is 222 g/mol. The van der Waals surface area contributed by atoms with E-state index in [0.717, 1.165) is 0 Å². The predicted molar refractivity (Wildman–Crippen MR) is 54.8 cm³/mol. The minimum Gasteiger partial charge on any atom is -0.434 e. The van der Waals surface area contributed by atoms with Crippen LogP contribution in [0.15, 0.2) is 23.1 Å². The lowest BCUT2D eigenvalue weighted by atomic mass is 10.0. The average Bonchev–Trinajstić information content (AvgIpc) is 2.16. The van der Waals surface area contributed by atoms with Crippen LogP contribution in [0.5, 0.6) is 5.75 Å². The van der Waals surface area contributed by atoms with Crippen molar-refractivity contribution in [2.45, 2.75) is 24.3 Å². The number of halogens is 2. The van der Waals surface area contributed by atoms with E-state index >= 15 is 0 Å². The van der Waals surface area contributed by atoms with Crippen molar-refractivity contribution in [1.29, 1.82) is 0 Å². The Balaban J connectivity index is 3.13. The first kappa shape index (κ1) is 12.0. The summed E-state index contributed by atoms with van der Waals surface area (Å²) in [6.07, 6.45) is 0.660. The van der Waals surface area contributed by atoms with Gasteiger partial charge in [0.25, 0.3) is 0 Å². The number of thiol groups is 1. The van der Waals surface area contributed by atoms with Crippen molar-refractivity contribution in [3.8, 4) is 5.75 Å². The van der Waals surface area contributed by atoms with Gasteiger partial charge in [0, 0.05) is 16.4 Å². The van der Waals surface area contributed by atoms with Gasteiger partial charge in [-0.2, -0.15) is 8.78 Å². The highest BCUT2D eigenvalue weighted by molar-refractivity contribution is 7.80. The maximum atomic E-state index is 12.1. The third kappa shape index (κ3) is 2.92. The molecule has 0 bridgehead atoms. The normalized spacial score (nSPS) is 12.6. The molecule has 82 valence electrons. The van der Waals surface area contributed by atoms with Gasteiger partial charge in [-0.25, -0.2) is 0 Å². The molecular formula is C10H10F2O2S. The topological polar surface area (TPSA) is 26.3 Å². The van der Waals surface area contributed by atoms with Crippen LogP contribution in [0.3, 0.4) is 0 Å². The summed E-state index contributed by atoms with van der Waals surface area (Å²) in [4.78, 5) is 11.1. The summed E-state index contributed by atoms with van der Waals surface area (Å²) in [5.74, 6) is -0.524. The second-order valence-corrected chi connectivity index (χ2v) is 3.47. The van der Waals surface area contributed by atoms with E-state index in [1.54, 1.807) is 19.1 Å². The molecule has 5 heteroatoms. The number of hydrogen-bond donors (Lipinski definition) is 1. The number of hydrogen-bond acceptors (Lipinski definition) is 3. The molecule has 1 rings (SSSR count). The maximum Gasteiger partial charge on any atom is 0.387 e. The van der Waals surface area contributed by atoms with E-state index in [1.165, 1.54) is 6.07 Å². The molecule has 0 N–H and O–H groups in total. The van der Waals surface area contributed by atoms with Crippen LogP contribution < -0.4 is 4.74 Å². The van der Waals surface area contributed by atoms with Gasteiger partial charge in [-0.15, -0.1) is 12.6 Å². The molecule has 1 unspecified atom stereocenters. The first-order valence-corrected chi connectivity index (χ1v) is 4.73. The largest absolute Gasteiger partial charge is 0.434 e. The van der Waals surface area contributed by atoms with Gasteiger partial charge in [0.05, 0.1) is 0 Å². The van der Waals surface area contributed by atoms with E-state index in [9.17, 15) is 13.6 Å². The SMILES string of the molecule is CC(C=O)c1c(S)cccc1OC(F)F. The van der Waals surface area contributed by atoms with Crippen LogP contribution in [0.4, 0.5) is 8.78 Å². The zero-order valence-electron chi connectivity index (χ0n) is 7.98. The van der Waals surface area contributed by atoms with Crippen LogP contribution in [0, 0.1) is 0 Å². The summed E-state index contributed by atoms with van der Waals surface area (Å²) < 4.78 is 28.4. The van der Waals surface area contributed by atoms with E-state index in [1.807, 2.05) is 0 Å². The van der Waals surface area contributed by atoms with Gasteiger partial charge in [0.1, 0.15) is 12.0 Å². The molecule has 0 spiro atoms. The van der Waals surface area contributed by atoms with Gasteiger partial charge in [-0.3, -0.25) is 0 Å². The molecule has 0 saturated heterocycles. The minimum absolute atomic E-state index is 0.00269. The highest BCUT2D eigenvalue weighted by Gasteiger charge is 2.16. The fourth-order valence-corrected chi connectivity index (χ4v) is 1.66. The van der Waals surface area contributed by atoms with E-state index in [2.05, 4.69) is 17.4 Å². The summed E-state index contributed by atoms with van der Waals surface area (Å²) in [6, 6.07) is 4.55. The minimum atomic E-state index is -2.90. The Bertz CT molecular complexity index is 355. The molecule has 0 amide bonds. The second-order valence-electron chi connectivity index (χ2n) is 2.99. The van der Waals surface area contributed by atoms with Crippen LogP contribution >= 0.6 is 12.6 Å². The Hall–Kier alpha value is -1.10. The molecule has 2 nitrogen and oxygen atoms in total. The molecule has 1 aromatic rings. The lowest BCUT2D eigenvalue weighted by molar-refractivity contribution is -0.109. The summed E-state index contributed by atoms with van der Waals surface area (Å²) in [5.41, 5.74) is 0.385. The van der Waals surface area contributed by atoms with Crippen LogP contribution in [0.25, 0.3) is 0 Å². The lowest BCUT2D eigenvalue weighted by Gasteiger charge is -2.14. The van der Waals surface area contributed by atoms with Gasteiger partial charge in [-0.1, -0.05) is 13.0 Å². The van der Waals surface area contributed by atoms with E-state index in [0.29, 0.717) is 16.7 Å². The molecule has 0 radical (unpaired) electrons. The Labute approximate surface area is 91.7 Å². The zero-order valence-corrected chi connectivity index (χ0v) is 8.88. The number of benzene rings is 1. The molecule has 0 fully saturated rings.